The van der Waals surface area contributed by atoms with Gasteiger partial charge in [-0.2, -0.15) is 0 Å². The molecule has 0 aromatic rings. The molecule has 7 heteroatoms. The molecule has 0 aliphatic carbocycles. The van der Waals surface area contributed by atoms with Gasteiger partial charge in [0, 0.05) is 13.1 Å². The highest BCUT2D eigenvalue weighted by molar-refractivity contribution is 6.19. The third-order valence-electron chi connectivity index (χ3n) is 1.33. The topological polar surface area (TPSA) is 76.7 Å². The number of alkyl carbamates (subject to hydrolysis) is 2. The average molecular weight is 267 g/mol. The molecule has 0 aliphatic rings. The molecule has 0 rings (SSSR count). The number of nitrogens with one attached hydrogen (secondary N) is 2. The molecule has 0 radical (unpaired) electrons. The first kappa shape index (κ1) is 15.8. The molecule has 6 nitrogen and oxygen atoms in total. The molecule has 0 saturated carbocycles. The number of hydrogen-bond acceptors (Lipinski definition) is 4. The van der Waals surface area contributed by atoms with Gasteiger partial charge in [-0.05, 0) is 27.7 Å². The van der Waals surface area contributed by atoms with Gasteiger partial charge >= 0.3 is 12.2 Å². The van der Waals surface area contributed by atoms with E-state index in [-0.39, 0.29) is 13.1 Å². The van der Waals surface area contributed by atoms with Crippen LogP contribution < -0.4 is 10.6 Å². The van der Waals surface area contributed by atoms with E-state index in [1.807, 2.05) is 0 Å². The first-order valence-corrected chi connectivity index (χ1v) is 5.70. The summed E-state index contributed by atoms with van der Waals surface area (Å²) < 4.78 is 9.60. The zero-order valence-corrected chi connectivity index (χ0v) is 11.3. The van der Waals surface area contributed by atoms with Crippen molar-refractivity contribution in [3.8, 4) is 0 Å². The Morgan fingerprint density at radius 2 is 1.65 bits per heavy atom. The zero-order valence-electron chi connectivity index (χ0n) is 10.5. The van der Waals surface area contributed by atoms with Gasteiger partial charge in [-0.15, -0.1) is 0 Å². The predicted octanol–water partition coefficient (Wildman–Crippen LogP) is 1.82. The normalized spacial score (nSPS) is 12.5. The molecule has 0 heterocycles. The zero-order chi connectivity index (χ0) is 13.5. The van der Waals surface area contributed by atoms with Crippen molar-refractivity contribution in [3.63, 3.8) is 0 Å². The Balaban J connectivity index is 3.58. The second-order valence-corrected chi connectivity index (χ2v) is 4.92. The summed E-state index contributed by atoms with van der Waals surface area (Å²) in [7, 11) is 0. The lowest BCUT2D eigenvalue weighted by Crippen LogP contribution is -2.38. The molecular formula is C10H19ClN2O4. The lowest BCUT2D eigenvalue weighted by atomic mass is 10.2. The van der Waals surface area contributed by atoms with Crippen LogP contribution in [0.5, 0.6) is 0 Å². The van der Waals surface area contributed by atoms with Gasteiger partial charge in [-0.25, -0.2) is 9.59 Å². The molecule has 0 aliphatic heterocycles. The minimum atomic E-state index is -0.686. The van der Waals surface area contributed by atoms with Gasteiger partial charge in [0.25, 0.3) is 0 Å². The quantitative estimate of drug-likeness (QED) is 0.601. The number of amides is 2. The van der Waals surface area contributed by atoms with E-state index in [4.69, 9.17) is 16.3 Å². The third-order valence-corrected chi connectivity index (χ3v) is 1.42. The van der Waals surface area contributed by atoms with Crippen molar-refractivity contribution in [2.75, 3.05) is 13.1 Å². The molecule has 0 aromatic heterocycles. The monoisotopic (exact) mass is 266 g/mol. The number of halogens is 1. The molecule has 0 spiro atoms. The maximum Gasteiger partial charge on any atom is 0.408 e. The number of carbonyl (C=O) groups excluding carboxylic acids is 2. The Kier molecular flexibility index (Phi) is 6.72. The number of alkyl halides is 1. The molecule has 17 heavy (non-hydrogen) atoms. The highest BCUT2D eigenvalue weighted by atomic mass is 35.5. The number of carbonyl (C=O) groups is 2. The van der Waals surface area contributed by atoms with Crippen LogP contribution >= 0.6 is 11.6 Å². The van der Waals surface area contributed by atoms with E-state index in [1.54, 1.807) is 20.8 Å². The molecule has 2 N–H and O–H groups in total. The SMILES string of the molecule is CC(Cl)OC(=O)NCCNC(=O)OC(C)(C)C. The smallest absolute Gasteiger partial charge is 0.408 e. The van der Waals surface area contributed by atoms with Crippen LogP contribution in [0.3, 0.4) is 0 Å². The van der Waals surface area contributed by atoms with Gasteiger partial charge in [0.05, 0.1) is 0 Å². The Bertz CT molecular complexity index is 264. The average Bonchev–Trinajstić information content (AvgIpc) is 2.08. The molecule has 100 valence electrons. The van der Waals surface area contributed by atoms with E-state index in [9.17, 15) is 9.59 Å². The summed E-state index contributed by atoms with van der Waals surface area (Å²) >= 11 is 5.44. The van der Waals surface area contributed by atoms with Gasteiger partial charge in [0.15, 0.2) is 5.56 Å². The van der Waals surface area contributed by atoms with Gasteiger partial charge < -0.3 is 20.1 Å². The fourth-order valence-electron chi connectivity index (χ4n) is 0.832. The van der Waals surface area contributed by atoms with E-state index >= 15 is 0 Å². The van der Waals surface area contributed by atoms with Crippen molar-refractivity contribution in [1.29, 1.82) is 0 Å². The Hall–Kier alpha value is -1.17. The van der Waals surface area contributed by atoms with E-state index in [2.05, 4.69) is 15.4 Å². The van der Waals surface area contributed by atoms with Crippen LogP contribution in [0.1, 0.15) is 27.7 Å². The van der Waals surface area contributed by atoms with Gasteiger partial charge in [-0.1, -0.05) is 11.6 Å². The summed E-state index contributed by atoms with van der Waals surface area (Å²) in [5.74, 6) is 0. The molecule has 0 saturated heterocycles. The summed E-state index contributed by atoms with van der Waals surface area (Å²) in [6.45, 7) is 7.32. The van der Waals surface area contributed by atoms with E-state index in [0.717, 1.165) is 0 Å². The summed E-state index contributed by atoms with van der Waals surface area (Å²) in [6, 6.07) is 0. The maximum atomic E-state index is 11.2. The van der Waals surface area contributed by atoms with Crippen molar-refractivity contribution < 1.29 is 19.1 Å². The molecule has 0 aromatic carbocycles. The van der Waals surface area contributed by atoms with Crippen molar-refractivity contribution in [3.05, 3.63) is 0 Å². The number of ether oxygens (including phenoxy) is 2. The number of hydrogen-bond donors (Lipinski definition) is 2. The Labute approximate surface area is 106 Å². The van der Waals surface area contributed by atoms with Crippen LogP contribution in [0.25, 0.3) is 0 Å². The predicted molar refractivity (Wildman–Crippen MR) is 64.0 cm³/mol. The fourth-order valence-corrected chi connectivity index (χ4v) is 0.913. The molecule has 1 atom stereocenters. The Morgan fingerprint density at radius 1 is 1.18 bits per heavy atom. The summed E-state index contributed by atoms with van der Waals surface area (Å²) in [5, 5.41) is 4.90. The van der Waals surface area contributed by atoms with Crippen molar-refractivity contribution in [1.82, 2.24) is 10.6 Å². The largest absolute Gasteiger partial charge is 0.444 e. The van der Waals surface area contributed by atoms with E-state index < -0.39 is 23.4 Å². The highest BCUT2D eigenvalue weighted by Crippen LogP contribution is 2.05. The molecule has 1 unspecified atom stereocenters. The highest BCUT2D eigenvalue weighted by Gasteiger charge is 2.15. The minimum Gasteiger partial charge on any atom is -0.444 e. The molecule has 0 fully saturated rings. The van der Waals surface area contributed by atoms with Crippen LogP contribution in [0, 0.1) is 0 Å². The molecule has 0 bridgehead atoms. The van der Waals surface area contributed by atoms with E-state index in [0.29, 0.717) is 0 Å². The second-order valence-electron chi connectivity index (χ2n) is 4.30. The lowest BCUT2D eigenvalue weighted by Gasteiger charge is -2.19. The van der Waals surface area contributed by atoms with Gasteiger partial charge in [0.1, 0.15) is 5.60 Å². The summed E-state index contributed by atoms with van der Waals surface area (Å²) in [6.07, 6.45) is -1.16. The standard InChI is InChI=1S/C10H19ClN2O4/c1-7(11)16-8(14)12-5-6-13-9(15)17-10(2,3)4/h7H,5-6H2,1-4H3,(H,12,14)(H,13,15). The lowest BCUT2D eigenvalue weighted by molar-refractivity contribution is 0.0527. The van der Waals surface area contributed by atoms with Crippen LogP contribution in [-0.4, -0.2) is 36.4 Å². The van der Waals surface area contributed by atoms with Crippen LogP contribution in [0.2, 0.25) is 0 Å². The minimum absolute atomic E-state index is 0.238. The first-order chi connectivity index (χ1) is 7.70. The van der Waals surface area contributed by atoms with E-state index in [1.165, 1.54) is 6.92 Å². The van der Waals surface area contributed by atoms with Crippen LogP contribution in [0.4, 0.5) is 9.59 Å². The molecular weight excluding hydrogens is 248 g/mol. The van der Waals surface area contributed by atoms with Crippen LogP contribution in [0.15, 0.2) is 0 Å². The number of rotatable bonds is 4. The van der Waals surface area contributed by atoms with Crippen LogP contribution in [-0.2, 0) is 9.47 Å². The van der Waals surface area contributed by atoms with Gasteiger partial charge in [0.2, 0.25) is 0 Å². The first-order valence-electron chi connectivity index (χ1n) is 5.26. The third kappa shape index (κ3) is 11.1. The summed E-state index contributed by atoms with van der Waals surface area (Å²) in [4.78, 5) is 22.1. The Morgan fingerprint density at radius 3 is 2.06 bits per heavy atom. The summed E-state index contributed by atoms with van der Waals surface area (Å²) in [5.41, 5.74) is -1.22. The van der Waals surface area contributed by atoms with Crippen molar-refractivity contribution in [2.45, 2.75) is 38.9 Å². The van der Waals surface area contributed by atoms with Crippen molar-refractivity contribution >= 4 is 23.8 Å². The van der Waals surface area contributed by atoms with Crippen molar-refractivity contribution in [2.24, 2.45) is 0 Å². The molecule has 2 amide bonds. The maximum absolute atomic E-state index is 11.2. The van der Waals surface area contributed by atoms with Gasteiger partial charge in [-0.3, -0.25) is 0 Å². The fraction of sp³-hybridized carbons (Fsp3) is 0.800. The second kappa shape index (κ2) is 7.21.